The highest BCUT2D eigenvalue weighted by Gasteiger charge is 2.09. The lowest BCUT2D eigenvalue weighted by Crippen LogP contribution is -1.91. The molecular weight excluding hydrogens is 170 g/mol. The van der Waals surface area contributed by atoms with Crippen LogP contribution in [0.15, 0.2) is 18.2 Å². The molecule has 0 amide bonds. The van der Waals surface area contributed by atoms with E-state index in [-0.39, 0.29) is 0 Å². The van der Waals surface area contributed by atoms with E-state index >= 15 is 0 Å². The minimum absolute atomic E-state index is 1.12. The van der Waals surface area contributed by atoms with Crippen LogP contribution in [-0.4, -0.2) is 4.57 Å². The molecule has 14 heavy (non-hydrogen) atoms. The molecule has 0 spiro atoms. The summed E-state index contributed by atoms with van der Waals surface area (Å²) >= 11 is 0. The largest absolute Gasteiger partial charge is 0.348 e. The first-order valence-electron chi connectivity index (χ1n) is 5.19. The molecule has 0 aliphatic carbocycles. The summed E-state index contributed by atoms with van der Waals surface area (Å²) in [5.74, 6) is 0. The van der Waals surface area contributed by atoms with Gasteiger partial charge in [0.25, 0.3) is 0 Å². The van der Waals surface area contributed by atoms with Crippen LogP contribution in [0.2, 0.25) is 0 Å². The first-order valence-corrected chi connectivity index (χ1v) is 5.19. The molecule has 1 heterocycles. The Balaban J connectivity index is 2.89. The van der Waals surface area contributed by atoms with Crippen molar-refractivity contribution in [3.8, 4) is 0 Å². The van der Waals surface area contributed by atoms with Crippen molar-refractivity contribution in [1.29, 1.82) is 0 Å². The number of benzene rings is 1. The van der Waals surface area contributed by atoms with E-state index in [0.29, 0.717) is 0 Å². The Morgan fingerprint density at radius 2 is 1.93 bits per heavy atom. The topological polar surface area (TPSA) is 4.93 Å². The molecule has 0 unspecified atom stereocenters. The highest BCUT2D eigenvalue weighted by atomic mass is 14.9. The van der Waals surface area contributed by atoms with Crippen LogP contribution in [0.4, 0.5) is 0 Å². The summed E-state index contributed by atoms with van der Waals surface area (Å²) < 4.78 is 2.29. The molecule has 0 atom stereocenters. The normalized spacial score (nSPS) is 11.1. The minimum Gasteiger partial charge on any atom is -0.348 e. The van der Waals surface area contributed by atoms with Gasteiger partial charge in [-0.1, -0.05) is 18.6 Å². The highest BCUT2D eigenvalue weighted by Crippen LogP contribution is 2.25. The van der Waals surface area contributed by atoms with Gasteiger partial charge in [0.2, 0.25) is 0 Å². The van der Waals surface area contributed by atoms with E-state index < -0.39 is 0 Å². The molecule has 2 aromatic rings. The van der Waals surface area contributed by atoms with Crippen LogP contribution in [0, 0.1) is 13.8 Å². The van der Waals surface area contributed by atoms with Crippen molar-refractivity contribution in [2.75, 3.05) is 0 Å². The molecule has 2 rings (SSSR count). The lowest BCUT2D eigenvalue weighted by Gasteiger charge is -1.98. The van der Waals surface area contributed by atoms with Gasteiger partial charge in [0.1, 0.15) is 0 Å². The van der Waals surface area contributed by atoms with Gasteiger partial charge in [-0.25, -0.2) is 0 Å². The lowest BCUT2D eigenvalue weighted by atomic mass is 10.1. The average molecular weight is 187 g/mol. The van der Waals surface area contributed by atoms with Crippen molar-refractivity contribution in [1.82, 2.24) is 4.57 Å². The Bertz CT molecular complexity index is 477. The van der Waals surface area contributed by atoms with E-state index in [4.69, 9.17) is 0 Å². The first-order chi connectivity index (χ1) is 6.65. The third-order valence-electron chi connectivity index (χ3n) is 3.13. The zero-order valence-corrected chi connectivity index (χ0v) is 9.39. The van der Waals surface area contributed by atoms with E-state index in [1.54, 1.807) is 0 Å². The van der Waals surface area contributed by atoms with Crippen LogP contribution in [0.1, 0.15) is 23.7 Å². The Hall–Kier alpha value is -1.24. The molecule has 0 N–H and O–H groups in total. The fraction of sp³-hybridized carbons (Fsp3) is 0.385. The number of aromatic nitrogens is 1. The maximum Gasteiger partial charge on any atom is 0.0482 e. The van der Waals surface area contributed by atoms with Crippen molar-refractivity contribution in [3.05, 3.63) is 35.0 Å². The first kappa shape index (κ1) is 9.32. The van der Waals surface area contributed by atoms with Crippen LogP contribution in [0.5, 0.6) is 0 Å². The summed E-state index contributed by atoms with van der Waals surface area (Å²) in [6.45, 7) is 6.58. The molecule has 0 fully saturated rings. The molecule has 0 saturated carbocycles. The van der Waals surface area contributed by atoms with Gasteiger partial charge >= 0.3 is 0 Å². The Kier molecular flexibility index (Phi) is 2.10. The molecule has 0 saturated heterocycles. The molecule has 1 heteroatoms. The van der Waals surface area contributed by atoms with Crippen molar-refractivity contribution in [2.45, 2.75) is 27.2 Å². The summed E-state index contributed by atoms with van der Waals surface area (Å²) in [6.07, 6.45) is 1.12. The maximum atomic E-state index is 2.29. The number of hydrogen-bond acceptors (Lipinski definition) is 0. The van der Waals surface area contributed by atoms with Crippen LogP contribution in [-0.2, 0) is 13.5 Å². The number of aryl methyl sites for hydroxylation is 3. The Morgan fingerprint density at radius 3 is 2.57 bits per heavy atom. The van der Waals surface area contributed by atoms with Gasteiger partial charge in [-0.3, -0.25) is 0 Å². The Labute approximate surface area is 85.4 Å². The fourth-order valence-electron chi connectivity index (χ4n) is 2.21. The second kappa shape index (κ2) is 3.16. The van der Waals surface area contributed by atoms with E-state index in [1.165, 1.54) is 27.7 Å². The van der Waals surface area contributed by atoms with Gasteiger partial charge in [0.15, 0.2) is 0 Å². The molecule has 1 aromatic carbocycles. The zero-order valence-electron chi connectivity index (χ0n) is 9.39. The quantitative estimate of drug-likeness (QED) is 0.645. The van der Waals surface area contributed by atoms with Crippen LogP contribution >= 0.6 is 0 Å². The molecule has 0 radical (unpaired) electrons. The maximum absolute atomic E-state index is 2.29. The van der Waals surface area contributed by atoms with Crippen molar-refractivity contribution < 1.29 is 0 Å². The summed E-state index contributed by atoms with van der Waals surface area (Å²) in [5.41, 5.74) is 5.59. The predicted octanol–water partition coefficient (Wildman–Crippen LogP) is 3.36. The van der Waals surface area contributed by atoms with Crippen molar-refractivity contribution >= 4 is 10.9 Å². The van der Waals surface area contributed by atoms with Gasteiger partial charge < -0.3 is 4.57 Å². The van der Waals surface area contributed by atoms with E-state index in [1.807, 2.05) is 0 Å². The molecule has 0 aliphatic heterocycles. The monoisotopic (exact) mass is 187 g/mol. The summed E-state index contributed by atoms with van der Waals surface area (Å²) in [6, 6.07) is 6.69. The van der Waals surface area contributed by atoms with Crippen LogP contribution in [0.3, 0.4) is 0 Å². The summed E-state index contributed by atoms with van der Waals surface area (Å²) in [7, 11) is 2.14. The SMILES string of the molecule is CCc1c(C)n(C)c2ccc(C)cc12. The van der Waals surface area contributed by atoms with Gasteiger partial charge in [0.05, 0.1) is 0 Å². The third kappa shape index (κ3) is 1.16. The van der Waals surface area contributed by atoms with Crippen molar-refractivity contribution in [3.63, 3.8) is 0 Å². The third-order valence-corrected chi connectivity index (χ3v) is 3.13. The smallest absolute Gasteiger partial charge is 0.0482 e. The predicted molar refractivity (Wildman–Crippen MR) is 61.8 cm³/mol. The molecule has 1 nitrogen and oxygen atoms in total. The number of nitrogens with zero attached hydrogens (tertiary/aromatic N) is 1. The summed E-state index contributed by atoms with van der Waals surface area (Å²) in [4.78, 5) is 0. The molecule has 0 bridgehead atoms. The van der Waals surface area contributed by atoms with Gasteiger partial charge in [-0.05, 0) is 38.0 Å². The molecule has 1 aromatic heterocycles. The van der Waals surface area contributed by atoms with Crippen molar-refractivity contribution in [2.24, 2.45) is 7.05 Å². The molecular formula is C13H17N. The molecule has 0 aliphatic rings. The average Bonchev–Trinajstić information content (AvgIpc) is 2.39. The number of hydrogen-bond donors (Lipinski definition) is 0. The van der Waals surface area contributed by atoms with Crippen LogP contribution < -0.4 is 0 Å². The lowest BCUT2D eigenvalue weighted by molar-refractivity contribution is 0.899. The second-order valence-corrected chi connectivity index (χ2v) is 4.00. The zero-order chi connectivity index (χ0) is 10.3. The summed E-state index contributed by atoms with van der Waals surface area (Å²) in [5, 5.41) is 1.42. The van der Waals surface area contributed by atoms with Gasteiger partial charge in [-0.15, -0.1) is 0 Å². The highest BCUT2D eigenvalue weighted by molar-refractivity contribution is 5.86. The van der Waals surface area contributed by atoms with Crippen LogP contribution in [0.25, 0.3) is 10.9 Å². The van der Waals surface area contributed by atoms with E-state index in [9.17, 15) is 0 Å². The van der Waals surface area contributed by atoms with E-state index in [2.05, 4.69) is 50.6 Å². The molecule has 74 valence electrons. The van der Waals surface area contributed by atoms with Gasteiger partial charge in [-0.2, -0.15) is 0 Å². The number of fused-ring (bicyclic) bond motifs is 1. The van der Waals surface area contributed by atoms with E-state index in [0.717, 1.165) is 6.42 Å². The minimum atomic E-state index is 1.12. The second-order valence-electron chi connectivity index (χ2n) is 4.00. The standard InChI is InChI=1S/C13H17N/c1-5-11-10(3)14(4)13-7-6-9(2)8-12(11)13/h6-8H,5H2,1-4H3. The number of rotatable bonds is 1. The fourth-order valence-corrected chi connectivity index (χ4v) is 2.21. The van der Waals surface area contributed by atoms with Gasteiger partial charge in [0, 0.05) is 23.6 Å². The Morgan fingerprint density at radius 1 is 1.21 bits per heavy atom.